The Morgan fingerprint density at radius 1 is 1.00 bits per heavy atom. The van der Waals surface area contributed by atoms with Crippen molar-refractivity contribution in [3.8, 4) is 11.1 Å². The van der Waals surface area contributed by atoms with Crippen molar-refractivity contribution in [1.29, 1.82) is 0 Å². The van der Waals surface area contributed by atoms with Gasteiger partial charge in [0.25, 0.3) is 0 Å². The van der Waals surface area contributed by atoms with Gasteiger partial charge in [0.1, 0.15) is 6.61 Å². The minimum absolute atomic E-state index is 0. The first-order chi connectivity index (χ1) is 15.2. The van der Waals surface area contributed by atoms with Crippen molar-refractivity contribution in [3.05, 3.63) is 82.9 Å². The van der Waals surface area contributed by atoms with Crippen molar-refractivity contribution in [2.75, 3.05) is 11.9 Å². The second-order valence-electron chi connectivity index (χ2n) is 7.57. The van der Waals surface area contributed by atoms with Crippen LogP contribution in [-0.2, 0) is 4.74 Å². The molecule has 0 saturated heterocycles. The van der Waals surface area contributed by atoms with Gasteiger partial charge in [0.2, 0.25) is 0 Å². The molecule has 33 heavy (non-hydrogen) atoms. The van der Waals surface area contributed by atoms with E-state index in [9.17, 15) is 27.6 Å². The number of halogens is 3. The topological polar surface area (TPSA) is 75.6 Å². The number of ether oxygens (including phenoxy) is 1. The molecule has 0 unspecified atom stereocenters. The van der Waals surface area contributed by atoms with Crippen LogP contribution < -0.4 is 62.2 Å². The number of rotatable bonds is 5. The minimum atomic E-state index is -5.45. The third kappa shape index (κ3) is 5.20. The van der Waals surface area contributed by atoms with Gasteiger partial charge in [0, 0.05) is 11.6 Å². The number of carboxylic acid groups (broad SMARTS) is 1. The number of carbonyl (C=O) groups excluding carboxylic acids is 1. The monoisotopic (exact) mass is 479 g/mol. The summed E-state index contributed by atoms with van der Waals surface area (Å²) in [5.74, 6) is -1.73. The van der Waals surface area contributed by atoms with E-state index in [2.05, 4.69) is 5.32 Å². The molecule has 3 aromatic rings. The fraction of sp³-hybridized carbons (Fsp3) is 0.130. The first-order valence-corrected chi connectivity index (χ1v) is 9.86. The normalized spacial score (nSPS) is 12.4. The Morgan fingerprint density at radius 3 is 2.06 bits per heavy atom. The van der Waals surface area contributed by atoms with Crippen LogP contribution in [0.1, 0.15) is 33.0 Å². The summed E-state index contributed by atoms with van der Waals surface area (Å²) < 4.78 is 45.1. The van der Waals surface area contributed by atoms with Crippen LogP contribution in [-0.4, -0.2) is 30.8 Å². The van der Waals surface area contributed by atoms with Gasteiger partial charge in [-0.15, -0.1) is 5.46 Å². The first-order valence-electron chi connectivity index (χ1n) is 9.86. The van der Waals surface area contributed by atoms with Gasteiger partial charge in [0.05, 0.1) is 5.56 Å². The van der Waals surface area contributed by atoms with Gasteiger partial charge in [-0.1, -0.05) is 60.7 Å². The maximum absolute atomic E-state index is 13.2. The number of hydrogen-bond donors (Lipinski definition) is 2. The number of fused-ring (bicyclic) bond motifs is 3. The van der Waals surface area contributed by atoms with Gasteiger partial charge < -0.3 is 22.8 Å². The van der Waals surface area contributed by atoms with Crippen molar-refractivity contribution in [2.24, 2.45) is 0 Å². The van der Waals surface area contributed by atoms with Gasteiger partial charge in [-0.25, -0.2) is 9.59 Å². The standard InChI is InChI=1S/C23H18BF3NO4.K/c1-13-19(22(29)30)10-14(24(25,26)27)11-21(13)28-23(31)32-12-20-17-8-4-2-6-15(17)16-7-3-5-9-18(16)20;/h2-11,20H,12H2,1H3,(H,28,31)(H,29,30);/q-1;+1. The van der Waals surface area contributed by atoms with E-state index >= 15 is 0 Å². The van der Waals surface area contributed by atoms with Crippen molar-refractivity contribution in [1.82, 2.24) is 0 Å². The predicted octanol–water partition coefficient (Wildman–Crippen LogP) is 2.11. The fourth-order valence-electron chi connectivity index (χ4n) is 4.02. The zero-order valence-electron chi connectivity index (χ0n) is 17.9. The molecule has 0 heterocycles. The second kappa shape index (κ2) is 10.0. The number of carboxylic acids is 1. The zero-order valence-corrected chi connectivity index (χ0v) is 21.1. The molecule has 5 nitrogen and oxygen atoms in total. The molecule has 0 spiro atoms. The quantitative estimate of drug-likeness (QED) is 0.550. The molecule has 4 rings (SSSR count). The molecule has 0 aromatic heterocycles. The van der Waals surface area contributed by atoms with Crippen molar-refractivity contribution in [2.45, 2.75) is 12.8 Å². The smallest absolute Gasteiger partial charge is 0.478 e. The van der Waals surface area contributed by atoms with Gasteiger partial charge >= 0.3 is 70.4 Å². The molecule has 2 N–H and O–H groups in total. The molecular weight excluding hydrogens is 461 g/mol. The van der Waals surface area contributed by atoms with E-state index in [1.807, 2.05) is 48.5 Å². The van der Waals surface area contributed by atoms with Gasteiger partial charge in [-0.3, -0.25) is 5.32 Å². The van der Waals surface area contributed by atoms with Crippen molar-refractivity contribution in [3.63, 3.8) is 0 Å². The van der Waals surface area contributed by atoms with Crippen LogP contribution in [0.3, 0.4) is 0 Å². The van der Waals surface area contributed by atoms with Gasteiger partial charge in [0.15, 0.2) is 0 Å². The average molecular weight is 479 g/mol. The summed E-state index contributed by atoms with van der Waals surface area (Å²) >= 11 is 0. The Bertz CT molecular complexity index is 1190. The Morgan fingerprint density at radius 2 is 1.55 bits per heavy atom. The van der Waals surface area contributed by atoms with E-state index in [-0.39, 0.29) is 75.2 Å². The average Bonchev–Trinajstić information content (AvgIpc) is 3.06. The molecule has 3 aromatic carbocycles. The van der Waals surface area contributed by atoms with Gasteiger partial charge in [-0.05, 0) is 34.7 Å². The number of aromatic carboxylic acids is 1. The largest absolute Gasteiger partial charge is 1.00 e. The number of hydrogen-bond acceptors (Lipinski definition) is 3. The molecule has 10 heteroatoms. The van der Waals surface area contributed by atoms with E-state index in [1.54, 1.807) is 0 Å². The van der Waals surface area contributed by atoms with Crippen LogP contribution in [0.2, 0.25) is 0 Å². The molecule has 0 atom stereocenters. The van der Waals surface area contributed by atoms with E-state index in [0.717, 1.165) is 28.3 Å². The summed E-state index contributed by atoms with van der Waals surface area (Å²) in [5, 5.41) is 11.5. The zero-order chi connectivity index (χ0) is 23.0. The summed E-state index contributed by atoms with van der Waals surface area (Å²) in [7, 11) is 0. The Kier molecular flexibility index (Phi) is 7.75. The Hall–Kier alpha value is -2.11. The third-order valence-electron chi connectivity index (χ3n) is 5.62. The number of amides is 1. The maximum Gasteiger partial charge on any atom is 1.00 e. The molecule has 1 aliphatic rings. The molecular formula is C23H18BF3KNO4. The summed E-state index contributed by atoms with van der Waals surface area (Å²) in [4.78, 5) is 23.8. The van der Waals surface area contributed by atoms with Crippen molar-refractivity contribution >= 4 is 30.2 Å². The molecule has 1 amide bonds. The van der Waals surface area contributed by atoms with E-state index < -0.39 is 30.1 Å². The number of anilines is 1. The third-order valence-corrected chi connectivity index (χ3v) is 5.62. The van der Waals surface area contributed by atoms with Crippen LogP contribution in [0.25, 0.3) is 11.1 Å². The van der Waals surface area contributed by atoms with Crippen LogP contribution in [0.15, 0.2) is 60.7 Å². The molecule has 0 radical (unpaired) electrons. The molecule has 0 fully saturated rings. The van der Waals surface area contributed by atoms with E-state index in [0.29, 0.717) is 6.07 Å². The second-order valence-corrected chi connectivity index (χ2v) is 7.57. The number of carbonyl (C=O) groups is 2. The number of benzene rings is 3. The Balaban J connectivity index is 0.00000306. The minimum Gasteiger partial charge on any atom is -0.478 e. The summed E-state index contributed by atoms with van der Waals surface area (Å²) in [6.07, 6.45) is -0.960. The molecule has 164 valence electrons. The SMILES string of the molecule is Cc1c(NC(=O)OCC2c3ccccc3-c3ccccc32)cc([B-](F)(F)F)cc1C(=O)O.[K+]. The van der Waals surface area contributed by atoms with E-state index in [1.165, 1.54) is 6.92 Å². The Labute approximate surface area is 230 Å². The maximum atomic E-state index is 13.2. The van der Waals surface area contributed by atoms with Gasteiger partial charge in [-0.2, -0.15) is 0 Å². The summed E-state index contributed by atoms with van der Waals surface area (Å²) in [5.41, 5.74) is 2.18. The number of nitrogens with one attached hydrogen (secondary N) is 1. The van der Waals surface area contributed by atoms with Crippen LogP contribution in [0, 0.1) is 6.92 Å². The summed E-state index contributed by atoms with van der Waals surface area (Å²) in [6, 6.07) is 16.8. The fourth-order valence-corrected chi connectivity index (χ4v) is 4.02. The molecule has 0 aliphatic heterocycles. The molecule has 0 saturated carbocycles. The van der Waals surface area contributed by atoms with Crippen LogP contribution >= 0.6 is 0 Å². The molecule has 1 aliphatic carbocycles. The van der Waals surface area contributed by atoms with Crippen molar-refractivity contribution < 1.29 is 83.8 Å². The van der Waals surface area contributed by atoms with E-state index in [4.69, 9.17) is 4.74 Å². The van der Waals surface area contributed by atoms with Crippen LogP contribution in [0.4, 0.5) is 23.4 Å². The molecule has 0 bridgehead atoms. The first kappa shape index (κ1) is 25.5. The predicted molar refractivity (Wildman–Crippen MR) is 116 cm³/mol. The van der Waals surface area contributed by atoms with Crippen LogP contribution in [0.5, 0.6) is 0 Å². The summed E-state index contributed by atoms with van der Waals surface area (Å²) in [6.45, 7) is -4.14.